The summed E-state index contributed by atoms with van der Waals surface area (Å²) < 4.78 is 1.64. The van der Waals surface area contributed by atoms with Crippen molar-refractivity contribution >= 4 is 5.91 Å². The Balaban J connectivity index is 1.63. The number of aryl methyl sites for hydroxylation is 2. The molecule has 1 amide bonds. The minimum Gasteiger partial charge on any atom is -0.356 e. The van der Waals surface area contributed by atoms with E-state index in [1.165, 1.54) is 6.07 Å². The van der Waals surface area contributed by atoms with Crippen molar-refractivity contribution in [1.29, 1.82) is 0 Å². The van der Waals surface area contributed by atoms with E-state index in [-0.39, 0.29) is 11.5 Å². The number of nitrogens with one attached hydrogen (secondary N) is 1. The molecule has 0 saturated carbocycles. The molecular formula is C16H19N3O2. The summed E-state index contributed by atoms with van der Waals surface area (Å²) in [4.78, 5) is 27.2. The van der Waals surface area contributed by atoms with E-state index in [0.29, 0.717) is 25.9 Å². The molecule has 0 fully saturated rings. The van der Waals surface area contributed by atoms with Crippen LogP contribution in [0.3, 0.4) is 0 Å². The van der Waals surface area contributed by atoms with Gasteiger partial charge in [0.05, 0.1) is 0 Å². The highest BCUT2D eigenvalue weighted by Gasteiger charge is 2.02. The number of hydrogen-bond donors (Lipinski definition) is 1. The molecule has 0 radical (unpaired) electrons. The Hall–Kier alpha value is -2.43. The first-order chi connectivity index (χ1) is 10.3. The highest BCUT2D eigenvalue weighted by atomic mass is 16.1. The maximum Gasteiger partial charge on any atom is 0.250 e. The maximum absolute atomic E-state index is 11.7. The van der Waals surface area contributed by atoms with Crippen molar-refractivity contribution in [2.45, 2.75) is 25.8 Å². The highest BCUT2D eigenvalue weighted by Crippen LogP contribution is 2.00. The molecule has 1 N–H and O–H groups in total. The van der Waals surface area contributed by atoms with Gasteiger partial charge in [-0.25, -0.2) is 0 Å². The molecule has 0 aliphatic carbocycles. The summed E-state index contributed by atoms with van der Waals surface area (Å²) in [5, 5.41) is 2.87. The summed E-state index contributed by atoms with van der Waals surface area (Å²) in [6.07, 6.45) is 7.13. The Kier molecular flexibility index (Phi) is 5.70. The number of nitrogens with zero attached hydrogens (tertiary/aromatic N) is 2. The van der Waals surface area contributed by atoms with Gasteiger partial charge in [-0.3, -0.25) is 14.6 Å². The monoisotopic (exact) mass is 285 g/mol. The third kappa shape index (κ3) is 5.22. The summed E-state index contributed by atoms with van der Waals surface area (Å²) in [6.45, 7) is 1.19. The Morgan fingerprint density at radius 2 is 2.14 bits per heavy atom. The number of hydrogen-bond acceptors (Lipinski definition) is 3. The van der Waals surface area contributed by atoms with Crippen LogP contribution in [0.25, 0.3) is 0 Å². The van der Waals surface area contributed by atoms with Crippen molar-refractivity contribution in [2.75, 3.05) is 6.54 Å². The van der Waals surface area contributed by atoms with E-state index < -0.39 is 0 Å². The fourth-order valence-corrected chi connectivity index (χ4v) is 2.01. The third-order valence-electron chi connectivity index (χ3n) is 3.16. The first-order valence-electron chi connectivity index (χ1n) is 7.07. The average Bonchev–Trinajstić information content (AvgIpc) is 2.52. The number of aromatic nitrogens is 2. The lowest BCUT2D eigenvalue weighted by Gasteiger charge is -2.07. The lowest BCUT2D eigenvalue weighted by Crippen LogP contribution is -2.27. The summed E-state index contributed by atoms with van der Waals surface area (Å²) in [5.74, 6) is 0.0271. The number of carbonyl (C=O) groups excluding carboxylic acids is 1. The van der Waals surface area contributed by atoms with E-state index in [1.54, 1.807) is 29.2 Å². The first kappa shape index (κ1) is 15.0. The Labute approximate surface area is 123 Å². The minimum atomic E-state index is -0.0135. The number of rotatable bonds is 7. The van der Waals surface area contributed by atoms with Crippen molar-refractivity contribution in [2.24, 2.45) is 0 Å². The zero-order chi connectivity index (χ0) is 14.9. The normalized spacial score (nSPS) is 10.3. The molecule has 2 aromatic heterocycles. The molecule has 2 aromatic rings. The van der Waals surface area contributed by atoms with E-state index in [9.17, 15) is 9.59 Å². The SMILES string of the molecule is O=C(CCc1cccnc1)NCCCn1ccccc1=O. The van der Waals surface area contributed by atoms with Crippen molar-refractivity contribution in [3.63, 3.8) is 0 Å². The predicted octanol–water partition coefficient (Wildman–Crippen LogP) is 1.38. The van der Waals surface area contributed by atoms with Gasteiger partial charge in [0.2, 0.25) is 11.5 Å². The molecule has 2 rings (SSSR count). The molecule has 0 bridgehead atoms. The molecule has 21 heavy (non-hydrogen) atoms. The largest absolute Gasteiger partial charge is 0.356 e. The molecule has 0 aromatic carbocycles. The van der Waals surface area contributed by atoms with Crippen LogP contribution < -0.4 is 10.9 Å². The van der Waals surface area contributed by atoms with E-state index in [0.717, 1.165) is 12.0 Å². The number of carbonyl (C=O) groups is 1. The van der Waals surface area contributed by atoms with E-state index >= 15 is 0 Å². The Morgan fingerprint density at radius 1 is 1.24 bits per heavy atom. The minimum absolute atomic E-state index is 0.0135. The molecule has 0 aliphatic heterocycles. The molecule has 5 heteroatoms. The summed E-state index contributed by atoms with van der Waals surface area (Å²) >= 11 is 0. The predicted molar refractivity (Wildman–Crippen MR) is 80.9 cm³/mol. The highest BCUT2D eigenvalue weighted by molar-refractivity contribution is 5.76. The second-order valence-electron chi connectivity index (χ2n) is 4.80. The first-order valence-corrected chi connectivity index (χ1v) is 7.07. The molecule has 2 heterocycles. The second-order valence-corrected chi connectivity index (χ2v) is 4.80. The van der Waals surface area contributed by atoms with Crippen LogP contribution in [-0.4, -0.2) is 22.0 Å². The van der Waals surface area contributed by atoms with Gasteiger partial charge in [-0.15, -0.1) is 0 Å². The molecule has 0 atom stereocenters. The third-order valence-corrected chi connectivity index (χ3v) is 3.16. The van der Waals surface area contributed by atoms with Crippen molar-refractivity contribution < 1.29 is 4.79 Å². The second kappa shape index (κ2) is 7.99. The van der Waals surface area contributed by atoms with Crippen LogP contribution in [0.2, 0.25) is 0 Å². The molecule has 0 unspecified atom stereocenters. The van der Waals surface area contributed by atoms with E-state index in [2.05, 4.69) is 10.3 Å². The number of pyridine rings is 2. The molecular weight excluding hydrogens is 266 g/mol. The summed E-state index contributed by atoms with van der Waals surface area (Å²) in [6, 6.07) is 8.91. The molecule has 110 valence electrons. The van der Waals surface area contributed by atoms with Gasteiger partial charge < -0.3 is 9.88 Å². The van der Waals surface area contributed by atoms with Gasteiger partial charge in [-0.1, -0.05) is 12.1 Å². The van der Waals surface area contributed by atoms with Crippen LogP contribution >= 0.6 is 0 Å². The molecule has 0 aliphatic rings. The Bertz CT molecular complexity index is 623. The van der Waals surface area contributed by atoms with Gasteiger partial charge in [-0.05, 0) is 30.5 Å². The molecule has 0 saturated heterocycles. The van der Waals surface area contributed by atoms with Gasteiger partial charge >= 0.3 is 0 Å². The lowest BCUT2D eigenvalue weighted by molar-refractivity contribution is -0.121. The summed E-state index contributed by atoms with van der Waals surface area (Å²) in [7, 11) is 0. The standard InChI is InChI=1S/C16H19N3O2/c20-15(8-7-14-5-3-9-17-13-14)18-10-4-12-19-11-2-1-6-16(19)21/h1-3,5-6,9,11,13H,4,7-8,10,12H2,(H,18,20). The van der Waals surface area contributed by atoms with Crippen LogP contribution in [0.4, 0.5) is 0 Å². The fourth-order valence-electron chi connectivity index (χ4n) is 2.01. The zero-order valence-corrected chi connectivity index (χ0v) is 11.9. The molecule has 0 spiro atoms. The van der Waals surface area contributed by atoms with E-state index in [1.807, 2.05) is 18.2 Å². The maximum atomic E-state index is 11.7. The van der Waals surface area contributed by atoms with Crippen LogP contribution in [-0.2, 0) is 17.8 Å². The zero-order valence-electron chi connectivity index (χ0n) is 11.9. The van der Waals surface area contributed by atoms with Gasteiger partial charge in [0.25, 0.3) is 0 Å². The van der Waals surface area contributed by atoms with Crippen LogP contribution in [0, 0.1) is 0 Å². The van der Waals surface area contributed by atoms with Crippen molar-refractivity contribution in [3.05, 3.63) is 64.8 Å². The van der Waals surface area contributed by atoms with Gasteiger partial charge in [0.15, 0.2) is 0 Å². The Morgan fingerprint density at radius 3 is 2.90 bits per heavy atom. The van der Waals surface area contributed by atoms with Gasteiger partial charge in [-0.2, -0.15) is 0 Å². The van der Waals surface area contributed by atoms with Gasteiger partial charge in [0, 0.05) is 44.2 Å². The van der Waals surface area contributed by atoms with E-state index in [4.69, 9.17) is 0 Å². The summed E-state index contributed by atoms with van der Waals surface area (Å²) in [5.41, 5.74) is 1.05. The smallest absolute Gasteiger partial charge is 0.250 e. The quantitative estimate of drug-likeness (QED) is 0.782. The van der Waals surface area contributed by atoms with Gasteiger partial charge in [0.1, 0.15) is 0 Å². The topological polar surface area (TPSA) is 64.0 Å². The molecule has 5 nitrogen and oxygen atoms in total. The van der Waals surface area contributed by atoms with Crippen molar-refractivity contribution in [3.8, 4) is 0 Å². The lowest BCUT2D eigenvalue weighted by atomic mass is 10.1. The van der Waals surface area contributed by atoms with Crippen LogP contribution in [0.15, 0.2) is 53.7 Å². The fraction of sp³-hybridized carbons (Fsp3) is 0.312. The van der Waals surface area contributed by atoms with Crippen LogP contribution in [0.1, 0.15) is 18.4 Å². The average molecular weight is 285 g/mol. The van der Waals surface area contributed by atoms with Crippen molar-refractivity contribution in [1.82, 2.24) is 14.9 Å². The number of amides is 1. The van der Waals surface area contributed by atoms with Crippen LogP contribution in [0.5, 0.6) is 0 Å².